The Bertz CT molecular complexity index is 1270. The summed E-state index contributed by atoms with van der Waals surface area (Å²) in [7, 11) is 4.10. The number of hydrogen-bond acceptors (Lipinski definition) is 5. The van der Waals surface area contributed by atoms with Crippen LogP contribution >= 0.6 is 0 Å². The van der Waals surface area contributed by atoms with E-state index < -0.39 is 0 Å². The summed E-state index contributed by atoms with van der Waals surface area (Å²) in [6.45, 7) is 4.42. The molecule has 1 saturated carbocycles. The van der Waals surface area contributed by atoms with Crippen molar-refractivity contribution in [2.45, 2.75) is 50.9 Å². The minimum absolute atomic E-state index is 0.0951. The lowest BCUT2D eigenvalue weighted by molar-refractivity contribution is 0.0712. The number of likely N-dealkylation sites (N-methyl/N-ethyl adjacent to an activating group) is 1. The number of aromatic nitrogens is 3. The van der Waals surface area contributed by atoms with Crippen molar-refractivity contribution in [3.63, 3.8) is 0 Å². The van der Waals surface area contributed by atoms with E-state index in [-0.39, 0.29) is 5.91 Å². The first-order valence-electron chi connectivity index (χ1n) is 12.9. The van der Waals surface area contributed by atoms with Crippen LogP contribution < -0.4 is 0 Å². The topological polar surface area (TPSA) is 88.9 Å². The number of amides is 1. The summed E-state index contributed by atoms with van der Waals surface area (Å²) < 4.78 is 0. The lowest BCUT2D eigenvalue weighted by Gasteiger charge is -2.33. The number of hydrogen-bond donors (Lipinski definition) is 1. The summed E-state index contributed by atoms with van der Waals surface area (Å²) in [4.78, 5) is 22.5. The van der Waals surface area contributed by atoms with Gasteiger partial charge in [0, 0.05) is 37.2 Å². The Hall–Kier alpha value is -3.50. The Morgan fingerprint density at radius 2 is 1.83 bits per heavy atom. The number of aromatic amines is 1. The third-order valence-electron chi connectivity index (χ3n) is 7.51. The molecular formula is C29H34N6O. The molecule has 1 aromatic heterocycles. The van der Waals surface area contributed by atoms with Crippen LogP contribution in [0.25, 0.3) is 11.4 Å². The summed E-state index contributed by atoms with van der Waals surface area (Å²) in [6.07, 6.45) is 5.03. The highest BCUT2D eigenvalue weighted by Gasteiger charge is 2.31. The Morgan fingerprint density at radius 1 is 1.11 bits per heavy atom. The molecule has 0 bridgehead atoms. The summed E-state index contributed by atoms with van der Waals surface area (Å²) in [5.74, 6) is 2.62. The zero-order chi connectivity index (χ0) is 25.2. The standard InChI is InChI=1S/C29H34N6O/c1-19-16-25(23-8-9-23)26(28-31-27(32-33-28)12-13-34(2)3)17-24(19)29(36)35-14-10-22(11-15-35)21-6-4-20(18-30)5-7-21/h4-7,16-17,22-23H,8-15H2,1-3H3,(H,31,32,33). The molecule has 1 N–H and O–H groups in total. The van der Waals surface area contributed by atoms with Crippen LogP contribution in [0.3, 0.4) is 0 Å². The minimum Gasteiger partial charge on any atom is -0.339 e. The zero-order valence-electron chi connectivity index (χ0n) is 21.4. The van der Waals surface area contributed by atoms with E-state index >= 15 is 0 Å². The van der Waals surface area contributed by atoms with Gasteiger partial charge in [0.1, 0.15) is 5.82 Å². The van der Waals surface area contributed by atoms with Gasteiger partial charge in [-0.1, -0.05) is 18.2 Å². The van der Waals surface area contributed by atoms with Gasteiger partial charge in [-0.05, 0) is 93.4 Å². The number of rotatable bonds is 7. The Labute approximate surface area is 213 Å². The van der Waals surface area contributed by atoms with Crippen molar-refractivity contribution < 1.29 is 4.79 Å². The van der Waals surface area contributed by atoms with Gasteiger partial charge < -0.3 is 9.80 Å². The Kier molecular flexibility index (Phi) is 6.88. The SMILES string of the molecule is Cc1cc(C2CC2)c(-c2n[nH]c(CCN(C)C)n2)cc1C(=O)N1CCC(c2ccc(C#N)cc2)CC1. The molecular weight excluding hydrogens is 448 g/mol. The summed E-state index contributed by atoms with van der Waals surface area (Å²) in [6, 6.07) is 14.3. The van der Waals surface area contributed by atoms with Crippen molar-refractivity contribution in [2.75, 3.05) is 33.7 Å². The highest BCUT2D eigenvalue weighted by molar-refractivity contribution is 5.97. The van der Waals surface area contributed by atoms with Gasteiger partial charge in [0.2, 0.25) is 0 Å². The molecule has 5 rings (SSSR count). The molecule has 3 aromatic rings. The number of piperidine rings is 1. The van der Waals surface area contributed by atoms with Gasteiger partial charge >= 0.3 is 0 Å². The van der Waals surface area contributed by atoms with Crippen LogP contribution in [0.4, 0.5) is 0 Å². The van der Waals surface area contributed by atoms with Gasteiger partial charge in [-0.25, -0.2) is 4.98 Å². The van der Waals surface area contributed by atoms with Crippen LogP contribution in [-0.2, 0) is 6.42 Å². The van der Waals surface area contributed by atoms with Gasteiger partial charge in [-0.3, -0.25) is 9.89 Å². The predicted octanol–water partition coefficient (Wildman–Crippen LogP) is 4.65. The number of aryl methyl sites for hydroxylation is 1. The molecule has 186 valence electrons. The van der Waals surface area contributed by atoms with E-state index in [0.29, 0.717) is 23.2 Å². The summed E-state index contributed by atoms with van der Waals surface area (Å²) >= 11 is 0. The maximum Gasteiger partial charge on any atom is 0.254 e. The van der Waals surface area contributed by atoms with Crippen molar-refractivity contribution in [3.05, 3.63) is 70.0 Å². The highest BCUT2D eigenvalue weighted by Crippen LogP contribution is 2.45. The van der Waals surface area contributed by atoms with E-state index in [1.165, 1.54) is 24.0 Å². The largest absolute Gasteiger partial charge is 0.339 e. The number of carbonyl (C=O) groups excluding carboxylic acids is 1. The monoisotopic (exact) mass is 482 g/mol. The molecule has 0 spiro atoms. The van der Waals surface area contributed by atoms with Crippen LogP contribution in [0, 0.1) is 18.3 Å². The molecule has 2 aromatic carbocycles. The molecule has 2 fully saturated rings. The minimum atomic E-state index is 0.0951. The smallest absolute Gasteiger partial charge is 0.254 e. The van der Waals surface area contributed by atoms with E-state index in [0.717, 1.165) is 61.4 Å². The van der Waals surface area contributed by atoms with Gasteiger partial charge in [0.15, 0.2) is 5.82 Å². The molecule has 0 radical (unpaired) electrons. The zero-order valence-corrected chi connectivity index (χ0v) is 21.4. The average molecular weight is 483 g/mol. The molecule has 7 nitrogen and oxygen atoms in total. The quantitative estimate of drug-likeness (QED) is 0.529. The number of nitrogens with zero attached hydrogens (tertiary/aromatic N) is 5. The molecule has 1 saturated heterocycles. The van der Waals surface area contributed by atoms with Gasteiger partial charge in [-0.15, -0.1) is 0 Å². The van der Waals surface area contributed by atoms with Crippen molar-refractivity contribution in [2.24, 2.45) is 0 Å². The van der Waals surface area contributed by atoms with E-state index in [4.69, 9.17) is 10.2 Å². The molecule has 7 heteroatoms. The fourth-order valence-electron chi connectivity index (χ4n) is 5.16. The molecule has 2 heterocycles. The second kappa shape index (κ2) is 10.2. The molecule has 1 aliphatic carbocycles. The maximum atomic E-state index is 13.6. The average Bonchev–Trinajstić information content (AvgIpc) is 3.64. The number of nitriles is 1. The fraction of sp³-hybridized carbons (Fsp3) is 0.448. The Morgan fingerprint density at radius 3 is 2.47 bits per heavy atom. The number of benzene rings is 2. The lowest BCUT2D eigenvalue weighted by atomic mass is 9.88. The molecule has 2 aliphatic rings. The van der Waals surface area contributed by atoms with Crippen molar-refractivity contribution in [3.8, 4) is 17.5 Å². The Balaban J connectivity index is 1.34. The lowest BCUT2D eigenvalue weighted by Crippen LogP contribution is -2.38. The van der Waals surface area contributed by atoms with Gasteiger partial charge in [0.05, 0.1) is 11.6 Å². The van der Waals surface area contributed by atoms with E-state index in [2.05, 4.69) is 39.4 Å². The molecule has 1 amide bonds. The third kappa shape index (κ3) is 5.19. The second-order valence-electron chi connectivity index (χ2n) is 10.5. The second-order valence-corrected chi connectivity index (χ2v) is 10.5. The van der Waals surface area contributed by atoms with Crippen LogP contribution in [0.15, 0.2) is 36.4 Å². The van der Waals surface area contributed by atoms with Crippen molar-refractivity contribution in [1.82, 2.24) is 25.0 Å². The van der Waals surface area contributed by atoms with Crippen molar-refractivity contribution >= 4 is 5.91 Å². The van der Waals surface area contributed by atoms with Crippen LogP contribution in [0.5, 0.6) is 0 Å². The van der Waals surface area contributed by atoms with Crippen molar-refractivity contribution in [1.29, 1.82) is 5.26 Å². The first-order chi connectivity index (χ1) is 17.4. The molecule has 0 unspecified atom stereocenters. The summed E-state index contributed by atoms with van der Waals surface area (Å²) in [5.41, 5.74) is 5.98. The van der Waals surface area contributed by atoms with Crippen LogP contribution in [0.1, 0.15) is 76.0 Å². The van der Waals surface area contributed by atoms with Gasteiger partial charge in [0.25, 0.3) is 5.91 Å². The fourth-order valence-corrected chi connectivity index (χ4v) is 5.16. The molecule has 36 heavy (non-hydrogen) atoms. The van der Waals surface area contributed by atoms with E-state index in [9.17, 15) is 4.79 Å². The number of H-pyrrole nitrogens is 1. The number of nitrogens with one attached hydrogen (secondary N) is 1. The third-order valence-corrected chi connectivity index (χ3v) is 7.51. The summed E-state index contributed by atoms with van der Waals surface area (Å²) in [5, 5.41) is 16.7. The van der Waals surface area contributed by atoms with Crippen LogP contribution in [-0.4, -0.2) is 64.6 Å². The predicted molar refractivity (Wildman–Crippen MR) is 140 cm³/mol. The van der Waals surface area contributed by atoms with E-state index in [1.807, 2.05) is 44.1 Å². The number of carbonyl (C=O) groups is 1. The molecule has 0 atom stereocenters. The normalized spacial score (nSPS) is 16.4. The highest BCUT2D eigenvalue weighted by atomic mass is 16.2. The first kappa shape index (κ1) is 24.2. The van der Waals surface area contributed by atoms with Crippen LogP contribution in [0.2, 0.25) is 0 Å². The van der Waals surface area contributed by atoms with Gasteiger partial charge in [-0.2, -0.15) is 10.4 Å². The number of likely N-dealkylation sites (tertiary alicyclic amines) is 1. The maximum absolute atomic E-state index is 13.6. The molecule has 1 aliphatic heterocycles. The first-order valence-corrected chi connectivity index (χ1v) is 12.9. The van der Waals surface area contributed by atoms with E-state index in [1.54, 1.807) is 0 Å².